The molecule has 0 heterocycles. The molecule has 23 heavy (non-hydrogen) atoms. The van der Waals surface area contributed by atoms with E-state index in [0.29, 0.717) is 6.54 Å². The van der Waals surface area contributed by atoms with Gasteiger partial charge in [-0.05, 0) is 45.0 Å². The Hall–Kier alpha value is -2.14. The molecule has 0 fully saturated rings. The lowest BCUT2D eigenvalue weighted by Gasteiger charge is -2.18. The van der Waals surface area contributed by atoms with E-state index >= 15 is 0 Å². The first-order valence-electron chi connectivity index (χ1n) is 7.70. The van der Waals surface area contributed by atoms with E-state index in [1.54, 1.807) is 0 Å². The van der Waals surface area contributed by atoms with E-state index in [1.165, 1.54) is 6.92 Å². The van der Waals surface area contributed by atoms with E-state index in [0.717, 1.165) is 29.9 Å². The molecule has 1 aromatic rings. The molecule has 5 nitrogen and oxygen atoms in total. The summed E-state index contributed by atoms with van der Waals surface area (Å²) in [5, 5.41) is 10.9. The molecular weight excluding hydrogens is 292 g/mol. The number of para-hydroxylation sites is 1. The number of nitrogens with zero attached hydrogens (tertiary/aromatic N) is 1. The van der Waals surface area contributed by atoms with Crippen molar-refractivity contribution in [3.63, 3.8) is 0 Å². The van der Waals surface area contributed by atoms with Gasteiger partial charge in [0.15, 0.2) is 0 Å². The van der Waals surface area contributed by atoms with Gasteiger partial charge in [-0.15, -0.1) is 0 Å². The van der Waals surface area contributed by atoms with Crippen molar-refractivity contribution in [3.8, 4) is 0 Å². The number of anilines is 1. The molecule has 1 aromatic carbocycles. The minimum absolute atomic E-state index is 0.0612. The van der Waals surface area contributed by atoms with Gasteiger partial charge in [0.2, 0.25) is 5.91 Å². The third-order valence-electron chi connectivity index (χ3n) is 3.37. The Morgan fingerprint density at radius 1 is 1.17 bits per heavy atom. The quantitative estimate of drug-likeness (QED) is 0.790. The Balaban J connectivity index is 0.000000688. The Morgan fingerprint density at radius 3 is 1.96 bits per heavy atom. The smallest absolute Gasteiger partial charge is 0.330 e. The van der Waals surface area contributed by atoms with Crippen LogP contribution in [0.4, 0.5) is 5.69 Å². The van der Waals surface area contributed by atoms with Crippen LogP contribution in [0.3, 0.4) is 0 Å². The van der Waals surface area contributed by atoms with Gasteiger partial charge < -0.3 is 10.4 Å². The summed E-state index contributed by atoms with van der Waals surface area (Å²) in [5.41, 5.74) is 3.34. The molecule has 0 spiro atoms. The van der Waals surface area contributed by atoms with E-state index in [-0.39, 0.29) is 11.5 Å². The van der Waals surface area contributed by atoms with Crippen LogP contribution in [-0.4, -0.2) is 41.5 Å². The minimum atomic E-state index is -0.935. The van der Waals surface area contributed by atoms with E-state index in [9.17, 15) is 9.59 Å². The second kappa shape index (κ2) is 10.6. The van der Waals surface area contributed by atoms with Crippen molar-refractivity contribution >= 4 is 17.6 Å². The standard InChI is InChI=1S/C14H22N2O.C4H6O2/c1-5-16(6-2)10-13(17)15-14-11(3)8-7-9-12(14)4;1-3(2)4(5)6/h7-9H,5-6,10H2,1-4H3,(H,15,17);1H2,2H3,(H,5,6). The van der Waals surface area contributed by atoms with E-state index in [2.05, 4.69) is 30.6 Å². The molecular formula is C18H28N2O3. The predicted octanol–water partition coefficient (Wildman–Crippen LogP) is 3.23. The third kappa shape index (κ3) is 8.16. The van der Waals surface area contributed by atoms with Crippen molar-refractivity contribution in [1.29, 1.82) is 0 Å². The van der Waals surface area contributed by atoms with Gasteiger partial charge >= 0.3 is 5.97 Å². The van der Waals surface area contributed by atoms with Gasteiger partial charge in [-0.1, -0.05) is 38.6 Å². The summed E-state index contributed by atoms with van der Waals surface area (Å²) in [6.07, 6.45) is 0. The SMILES string of the molecule is C=C(C)C(=O)O.CCN(CC)CC(=O)Nc1c(C)cccc1C. The first-order chi connectivity index (χ1) is 10.7. The summed E-state index contributed by atoms with van der Waals surface area (Å²) >= 11 is 0. The lowest BCUT2D eigenvalue weighted by Crippen LogP contribution is -2.33. The number of aryl methyl sites for hydroxylation is 2. The summed E-state index contributed by atoms with van der Waals surface area (Å²) in [7, 11) is 0. The molecule has 0 saturated carbocycles. The number of aliphatic carboxylic acids is 1. The molecule has 0 bridgehead atoms. The van der Waals surface area contributed by atoms with Gasteiger partial charge in [-0.2, -0.15) is 0 Å². The lowest BCUT2D eigenvalue weighted by atomic mass is 10.1. The maximum Gasteiger partial charge on any atom is 0.330 e. The third-order valence-corrected chi connectivity index (χ3v) is 3.37. The van der Waals surface area contributed by atoms with Crippen LogP contribution in [0.1, 0.15) is 31.9 Å². The predicted molar refractivity (Wildman–Crippen MR) is 94.8 cm³/mol. The van der Waals surface area contributed by atoms with Crippen molar-refractivity contribution in [2.75, 3.05) is 25.0 Å². The van der Waals surface area contributed by atoms with Gasteiger partial charge in [0.05, 0.1) is 6.54 Å². The van der Waals surface area contributed by atoms with Gasteiger partial charge in [0, 0.05) is 11.3 Å². The molecule has 5 heteroatoms. The Morgan fingerprint density at radius 2 is 1.61 bits per heavy atom. The number of rotatable bonds is 6. The highest BCUT2D eigenvalue weighted by Crippen LogP contribution is 2.19. The van der Waals surface area contributed by atoms with Gasteiger partial charge in [-0.3, -0.25) is 9.69 Å². The zero-order valence-corrected chi connectivity index (χ0v) is 14.8. The van der Waals surface area contributed by atoms with E-state index < -0.39 is 5.97 Å². The normalized spacial score (nSPS) is 9.83. The van der Waals surface area contributed by atoms with Crippen LogP contribution in [0.15, 0.2) is 30.4 Å². The van der Waals surface area contributed by atoms with Gasteiger partial charge in [0.25, 0.3) is 0 Å². The average molecular weight is 320 g/mol. The van der Waals surface area contributed by atoms with Crippen LogP contribution in [0.5, 0.6) is 0 Å². The van der Waals surface area contributed by atoms with Crippen molar-refractivity contribution in [2.45, 2.75) is 34.6 Å². The monoisotopic (exact) mass is 320 g/mol. The van der Waals surface area contributed by atoms with Crippen molar-refractivity contribution in [2.24, 2.45) is 0 Å². The van der Waals surface area contributed by atoms with Crippen molar-refractivity contribution in [3.05, 3.63) is 41.5 Å². The highest BCUT2D eigenvalue weighted by atomic mass is 16.4. The second-order valence-corrected chi connectivity index (χ2v) is 5.36. The molecule has 0 aliphatic rings. The maximum absolute atomic E-state index is 11.9. The summed E-state index contributed by atoms with van der Waals surface area (Å²) < 4.78 is 0. The van der Waals surface area contributed by atoms with Crippen LogP contribution < -0.4 is 5.32 Å². The summed E-state index contributed by atoms with van der Waals surface area (Å²) in [5.74, 6) is -0.874. The van der Waals surface area contributed by atoms with Crippen LogP contribution in [0.25, 0.3) is 0 Å². The van der Waals surface area contributed by atoms with Crippen molar-refractivity contribution in [1.82, 2.24) is 4.90 Å². The topological polar surface area (TPSA) is 69.6 Å². The zero-order chi connectivity index (χ0) is 18.0. The Labute approximate surface area is 139 Å². The Kier molecular flexibility index (Phi) is 9.58. The largest absolute Gasteiger partial charge is 0.478 e. The minimum Gasteiger partial charge on any atom is -0.478 e. The second-order valence-electron chi connectivity index (χ2n) is 5.36. The number of hydrogen-bond acceptors (Lipinski definition) is 3. The van der Waals surface area contributed by atoms with Crippen LogP contribution in [0, 0.1) is 13.8 Å². The molecule has 0 atom stereocenters. The summed E-state index contributed by atoms with van der Waals surface area (Å²) in [6.45, 7) is 15.0. The first-order valence-corrected chi connectivity index (χ1v) is 7.70. The number of hydrogen-bond donors (Lipinski definition) is 2. The van der Waals surface area contributed by atoms with Crippen LogP contribution in [0.2, 0.25) is 0 Å². The fourth-order valence-electron chi connectivity index (χ4n) is 1.84. The molecule has 2 N–H and O–H groups in total. The van der Waals surface area contributed by atoms with E-state index in [1.807, 2.05) is 32.0 Å². The summed E-state index contributed by atoms with van der Waals surface area (Å²) in [6, 6.07) is 6.03. The number of carbonyl (C=O) groups excluding carboxylic acids is 1. The maximum atomic E-state index is 11.9. The number of carboxylic acid groups (broad SMARTS) is 1. The number of carboxylic acids is 1. The molecule has 1 rings (SSSR count). The molecule has 0 saturated heterocycles. The summed E-state index contributed by atoms with van der Waals surface area (Å²) in [4.78, 5) is 23.6. The molecule has 0 unspecified atom stereocenters. The number of nitrogens with one attached hydrogen (secondary N) is 1. The number of benzene rings is 1. The average Bonchev–Trinajstić information content (AvgIpc) is 2.49. The van der Waals surface area contributed by atoms with Crippen LogP contribution >= 0.6 is 0 Å². The lowest BCUT2D eigenvalue weighted by molar-refractivity contribution is -0.132. The van der Waals surface area contributed by atoms with Gasteiger partial charge in [0.1, 0.15) is 0 Å². The van der Waals surface area contributed by atoms with E-state index in [4.69, 9.17) is 5.11 Å². The van der Waals surface area contributed by atoms with Crippen LogP contribution in [-0.2, 0) is 9.59 Å². The Bertz CT molecular complexity index is 517. The molecule has 128 valence electrons. The first kappa shape index (κ1) is 20.9. The van der Waals surface area contributed by atoms with Gasteiger partial charge in [-0.25, -0.2) is 4.79 Å². The fourth-order valence-corrected chi connectivity index (χ4v) is 1.84. The fraction of sp³-hybridized carbons (Fsp3) is 0.444. The highest BCUT2D eigenvalue weighted by Gasteiger charge is 2.09. The molecule has 1 amide bonds. The number of amides is 1. The number of carbonyl (C=O) groups is 2. The molecule has 0 aliphatic carbocycles. The number of likely N-dealkylation sites (N-methyl/N-ethyl adjacent to an activating group) is 1. The molecule has 0 aromatic heterocycles. The highest BCUT2D eigenvalue weighted by molar-refractivity contribution is 5.93. The zero-order valence-electron chi connectivity index (χ0n) is 14.8. The molecule has 0 radical (unpaired) electrons. The van der Waals surface area contributed by atoms with Crippen molar-refractivity contribution < 1.29 is 14.7 Å². The molecule has 0 aliphatic heterocycles.